The van der Waals surface area contributed by atoms with E-state index in [4.69, 9.17) is 0 Å². The maximum Gasteiger partial charge on any atom is 0.0218 e. The van der Waals surface area contributed by atoms with Gasteiger partial charge in [0, 0.05) is 18.6 Å². The molecule has 1 rings (SSSR count). The summed E-state index contributed by atoms with van der Waals surface area (Å²) in [6, 6.07) is 1.44. The number of rotatable bonds is 2. The standard InChI is InChI=1S/C9H20N2/c1-4-10-11-8(2)6-5-7-9(11)3/h8-10H,4-7H2,1-3H3/t8-,9+. The van der Waals surface area contributed by atoms with Gasteiger partial charge in [-0.05, 0) is 26.7 Å². The third-order valence-electron chi connectivity index (χ3n) is 2.53. The Kier molecular flexibility index (Phi) is 3.34. The van der Waals surface area contributed by atoms with Crippen molar-refractivity contribution in [3.05, 3.63) is 0 Å². The van der Waals surface area contributed by atoms with Crippen LogP contribution in [0.5, 0.6) is 0 Å². The molecule has 11 heavy (non-hydrogen) atoms. The zero-order valence-corrected chi connectivity index (χ0v) is 7.93. The average Bonchev–Trinajstić information content (AvgIpc) is 1.97. The second kappa shape index (κ2) is 4.07. The molecule has 0 aromatic rings. The molecule has 0 aromatic heterocycles. The quantitative estimate of drug-likeness (QED) is 0.655. The fourth-order valence-corrected chi connectivity index (χ4v) is 1.92. The van der Waals surface area contributed by atoms with Crippen molar-refractivity contribution in [2.45, 2.75) is 52.1 Å². The summed E-state index contributed by atoms with van der Waals surface area (Å²) >= 11 is 0. The van der Waals surface area contributed by atoms with Crippen LogP contribution in [-0.2, 0) is 0 Å². The van der Waals surface area contributed by atoms with Gasteiger partial charge in [-0.1, -0.05) is 13.3 Å². The molecule has 2 heteroatoms. The molecule has 0 bridgehead atoms. The Balaban J connectivity index is 2.41. The van der Waals surface area contributed by atoms with Gasteiger partial charge in [-0.3, -0.25) is 5.43 Å². The van der Waals surface area contributed by atoms with Gasteiger partial charge in [-0.15, -0.1) is 0 Å². The maximum absolute atomic E-state index is 3.42. The third kappa shape index (κ3) is 2.17. The van der Waals surface area contributed by atoms with Crippen LogP contribution in [-0.4, -0.2) is 23.6 Å². The SMILES string of the molecule is CCNN1[C@H](C)CCC[C@@H]1C. The molecule has 0 unspecified atom stereocenters. The van der Waals surface area contributed by atoms with Crippen molar-refractivity contribution in [3.8, 4) is 0 Å². The van der Waals surface area contributed by atoms with Crippen LogP contribution in [0.25, 0.3) is 0 Å². The summed E-state index contributed by atoms with van der Waals surface area (Å²) in [7, 11) is 0. The Morgan fingerprint density at radius 2 is 1.82 bits per heavy atom. The maximum atomic E-state index is 3.42. The third-order valence-corrected chi connectivity index (χ3v) is 2.53. The summed E-state index contributed by atoms with van der Waals surface area (Å²) in [6.07, 6.45) is 4.08. The van der Waals surface area contributed by atoms with E-state index in [9.17, 15) is 0 Å². The van der Waals surface area contributed by atoms with Crippen LogP contribution < -0.4 is 5.43 Å². The Hall–Kier alpha value is -0.0800. The molecule has 0 radical (unpaired) electrons. The van der Waals surface area contributed by atoms with Gasteiger partial charge in [-0.2, -0.15) is 0 Å². The molecule has 1 fully saturated rings. The van der Waals surface area contributed by atoms with Crippen molar-refractivity contribution >= 4 is 0 Å². The summed E-state index contributed by atoms with van der Waals surface area (Å²) < 4.78 is 0. The first-order chi connectivity index (χ1) is 5.25. The Bertz CT molecular complexity index is 104. The van der Waals surface area contributed by atoms with E-state index in [1.807, 2.05) is 0 Å². The minimum atomic E-state index is 0.721. The number of nitrogens with one attached hydrogen (secondary N) is 1. The molecule has 1 heterocycles. The van der Waals surface area contributed by atoms with Crippen LogP contribution in [0.3, 0.4) is 0 Å². The molecular formula is C9H20N2. The molecule has 66 valence electrons. The fraction of sp³-hybridized carbons (Fsp3) is 1.00. The Labute approximate surface area is 69.9 Å². The highest BCUT2D eigenvalue weighted by Crippen LogP contribution is 2.19. The first kappa shape index (κ1) is 9.01. The second-order valence-corrected chi connectivity index (χ2v) is 3.55. The fourth-order valence-electron chi connectivity index (χ4n) is 1.92. The predicted octanol–water partition coefficient (Wildman–Crippen LogP) is 1.77. The van der Waals surface area contributed by atoms with Gasteiger partial charge in [0.2, 0.25) is 0 Å². The van der Waals surface area contributed by atoms with E-state index in [1.165, 1.54) is 19.3 Å². The number of hydrazine groups is 1. The van der Waals surface area contributed by atoms with Crippen molar-refractivity contribution in [2.24, 2.45) is 0 Å². The molecular weight excluding hydrogens is 136 g/mol. The van der Waals surface area contributed by atoms with Gasteiger partial charge in [0.05, 0.1) is 0 Å². The van der Waals surface area contributed by atoms with Gasteiger partial charge in [0.25, 0.3) is 0 Å². The van der Waals surface area contributed by atoms with Gasteiger partial charge in [0.15, 0.2) is 0 Å². The van der Waals surface area contributed by atoms with E-state index in [-0.39, 0.29) is 0 Å². The molecule has 1 aliphatic rings. The van der Waals surface area contributed by atoms with Gasteiger partial charge >= 0.3 is 0 Å². The van der Waals surface area contributed by atoms with E-state index in [2.05, 4.69) is 31.2 Å². The number of hydrogen-bond acceptors (Lipinski definition) is 2. The molecule has 2 nitrogen and oxygen atoms in total. The van der Waals surface area contributed by atoms with Crippen LogP contribution >= 0.6 is 0 Å². The summed E-state index contributed by atoms with van der Waals surface area (Å²) in [6.45, 7) is 7.82. The van der Waals surface area contributed by atoms with Crippen LogP contribution in [0.15, 0.2) is 0 Å². The normalized spacial score (nSPS) is 34.1. The van der Waals surface area contributed by atoms with Crippen LogP contribution in [0.2, 0.25) is 0 Å². The van der Waals surface area contributed by atoms with Crippen molar-refractivity contribution in [2.75, 3.05) is 6.54 Å². The van der Waals surface area contributed by atoms with E-state index in [1.54, 1.807) is 0 Å². The van der Waals surface area contributed by atoms with Crippen LogP contribution in [0.4, 0.5) is 0 Å². The minimum absolute atomic E-state index is 0.721. The summed E-state index contributed by atoms with van der Waals surface area (Å²) in [5, 5.41) is 2.41. The number of piperidine rings is 1. The highest BCUT2D eigenvalue weighted by Gasteiger charge is 2.23. The lowest BCUT2D eigenvalue weighted by molar-refractivity contribution is 0.0488. The first-order valence-corrected chi connectivity index (χ1v) is 4.77. The highest BCUT2D eigenvalue weighted by molar-refractivity contribution is 4.76. The minimum Gasteiger partial charge on any atom is -0.255 e. The first-order valence-electron chi connectivity index (χ1n) is 4.77. The Morgan fingerprint density at radius 1 is 1.27 bits per heavy atom. The largest absolute Gasteiger partial charge is 0.255 e. The zero-order valence-electron chi connectivity index (χ0n) is 7.93. The molecule has 1 aliphatic heterocycles. The van der Waals surface area contributed by atoms with E-state index in [0.717, 1.165) is 18.6 Å². The van der Waals surface area contributed by atoms with Crippen molar-refractivity contribution in [1.29, 1.82) is 0 Å². The lowest BCUT2D eigenvalue weighted by Gasteiger charge is -2.38. The smallest absolute Gasteiger partial charge is 0.0218 e. The summed E-state index contributed by atoms with van der Waals surface area (Å²) in [5.74, 6) is 0. The second-order valence-electron chi connectivity index (χ2n) is 3.55. The number of hydrogen-bond donors (Lipinski definition) is 1. The van der Waals surface area contributed by atoms with Crippen LogP contribution in [0, 0.1) is 0 Å². The van der Waals surface area contributed by atoms with Gasteiger partial charge in [0.1, 0.15) is 0 Å². The van der Waals surface area contributed by atoms with Gasteiger partial charge in [-0.25, -0.2) is 5.01 Å². The molecule has 2 atom stereocenters. The molecule has 1 saturated heterocycles. The monoisotopic (exact) mass is 156 g/mol. The van der Waals surface area contributed by atoms with Crippen molar-refractivity contribution in [1.82, 2.24) is 10.4 Å². The van der Waals surface area contributed by atoms with E-state index in [0.29, 0.717) is 0 Å². The number of nitrogens with zero attached hydrogens (tertiary/aromatic N) is 1. The summed E-state index contributed by atoms with van der Waals surface area (Å²) in [5.41, 5.74) is 3.42. The van der Waals surface area contributed by atoms with E-state index >= 15 is 0 Å². The Morgan fingerprint density at radius 3 is 2.27 bits per heavy atom. The van der Waals surface area contributed by atoms with Crippen molar-refractivity contribution in [3.63, 3.8) is 0 Å². The van der Waals surface area contributed by atoms with Crippen molar-refractivity contribution < 1.29 is 0 Å². The van der Waals surface area contributed by atoms with Gasteiger partial charge < -0.3 is 0 Å². The molecule has 0 spiro atoms. The summed E-state index contributed by atoms with van der Waals surface area (Å²) in [4.78, 5) is 0. The molecule has 0 aliphatic carbocycles. The lowest BCUT2D eigenvalue weighted by Crippen LogP contribution is -2.51. The average molecular weight is 156 g/mol. The molecule has 0 amide bonds. The van der Waals surface area contributed by atoms with Crippen LogP contribution in [0.1, 0.15) is 40.0 Å². The molecule has 0 aromatic carbocycles. The highest BCUT2D eigenvalue weighted by atomic mass is 15.5. The zero-order chi connectivity index (χ0) is 8.27. The predicted molar refractivity (Wildman–Crippen MR) is 48.3 cm³/mol. The van der Waals surface area contributed by atoms with E-state index < -0.39 is 0 Å². The molecule has 0 saturated carbocycles. The topological polar surface area (TPSA) is 15.3 Å². The lowest BCUT2D eigenvalue weighted by atomic mass is 10.00. The molecule has 1 N–H and O–H groups in total.